The van der Waals surface area contributed by atoms with Crippen molar-refractivity contribution in [2.75, 3.05) is 10.6 Å². The fourth-order valence-corrected chi connectivity index (χ4v) is 4.01. The number of anilines is 2. The number of hydrogen-bond donors (Lipinski definition) is 2. The maximum atomic E-state index is 13.9. The minimum Gasteiger partial charge on any atom is -0.326 e. The van der Waals surface area contributed by atoms with Crippen LogP contribution in [0.5, 0.6) is 0 Å². The summed E-state index contributed by atoms with van der Waals surface area (Å²) in [5.41, 5.74) is 1.74. The van der Waals surface area contributed by atoms with Crippen LogP contribution in [0.2, 0.25) is 0 Å². The molecule has 1 heterocycles. The summed E-state index contributed by atoms with van der Waals surface area (Å²) in [5, 5.41) is 5.18. The van der Waals surface area contributed by atoms with Crippen molar-refractivity contribution in [3.8, 4) is 0 Å². The van der Waals surface area contributed by atoms with Crippen molar-refractivity contribution < 1.29 is 14.0 Å². The van der Waals surface area contributed by atoms with Gasteiger partial charge in [-0.1, -0.05) is 6.92 Å². The molecule has 0 saturated carbocycles. The van der Waals surface area contributed by atoms with Crippen molar-refractivity contribution in [3.63, 3.8) is 0 Å². The average molecular weight is 346 g/mol. The van der Waals surface area contributed by atoms with E-state index in [2.05, 4.69) is 17.6 Å². The van der Waals surface area contributed by atoms with Crippen molar-refractivity contribution in [2.24, 2.45) is 5.92 Å². The van der Waals surface area contributed by atoms with Gasteiger partial charge in [-0.05, 0) is 55.0 Å². The Labute approximate surface area is 144 Å². The summed E-state index contributed by atoms with van der Waals surface area (Å²) in [6.07, 6.45) is 3.13. The van der Waals surface area contributed by atoms with Crippen LogP contribution < -0.4 is 10.6 Å². The third kappa shape index (κ3) is 3.64. The van der Waals surface area contributed by atoms with Crippen molar-refractivity contribution in [3.05, 3.63) is 45.4 Å². The molecular weight excluding hydrogens is 327 g/mol. The van der Waals surface area contributed by atoms with Crippen molar-refractivity contribution in [1.29, 1.82) is 0 Å². The van der Waals surface area contributed by atoms with Gasteiger partial charge in [-0.25, -0.2) is 4.39 Å². The molecule has 0 radical (unpaired) electrons. The first-order chi connectivity index (χ1) is 11.4. The number of carbonyl (C=O) groups is 2. The van der Waals surface area contributed by atoms with Gasteiger partial charge < -0.3 is 10.6 Å². The average Bonchev–Trinajstić information content (AvgIpc) is 2.93. The predicted molar refractivity (Wildman–Crippen MR) is 94.2 cm³/mol. The molecule has 2 N–H and O–H groups in total. The Morgan fingerprint density at radius 1 is 1.25 bits per heavy atom. The Hall–Kier alpha value is -2.21. The van der Waals surface area contributed by atoms with Gasteiger partial charge in [0.15, 0.2) is 0 Å². The maximum Gasteiger partial charge on any atom is 0.265 e. The highest BCUT2D eigenvalue weighted by Crippen LogP contribution is 2.32. The molecule has 1 atom stereocenters. The molecule has 3 rings (SSSR count). The van der Waals surface area contributed by atoms with E-state index in [9.17, 15) is 14.0 Å². The van der Waals surface area contributed by atoms with E-state index in [4.69, 9.17) is 0 Å². The minimum absolute atomic E-state index is 0.0611. The molecule has 1 aromatic heterocycles. The SMILES string of the molecule is CC(=O)Nc1ccc(F)c(NC(=O)c2cc3c(s2)CCC(C)C3)c1. The van der Waals surface area contributed by atoms with Crippen molar-refractivity contribution >= 4 is 34.5 Å². The highest BCUT2D eigenvalue weighted by atomic mass is 32.1. The number of amides is 2. The van der Waals surface area contributed by atoms with E-state index in [1.54, 1.807) is 0 Å². The lowest BCUT2D eigenvalue weighted by atomic mass is 9.90. The Kier molecular flexibility index (Phi) is 4.66. The molecule has 0 aliphatic heterocycles. The number of fused-ring (bicyclic) bond motifs is 1. The minimum atomic E-state index is -0.535. The lowest BCUT2D eigenvalue weighted by Gasteiger charge is -2.16. The summed E-state index contributed by atoms with van der Waals surface area (Å²) in [7, 11) is 0. The van der Waals surface area contributed by atoms with Crippen molar-refractivity contribution in [2.45, 2.75) is 33.1 Å². The number of aryl methyl sites for hydroxylation is 1. The highest BCUT2D eigenvalue weighted by molar-refractivity contribution is 7.14. The maximum absolute atomic E-state index is 13.9. The second-order valence-corrected chi connectivity index (χ2v) is 7.37. The molecule has 2 aromatic rings. The summed E-state index contributed by atoms with van der Waals surface area (Å²) in [6.45, 7) is 3.59. The molecule has 1 aliphatic rings. The molecule has 1 aromatic carbocycles. The van der Waals surface area contributed by atoms with Crippen LogP contribution >= 0.6 is 11.3 Å². The number of rotatable bonds is 3. The van der Waals surface area contributed by atoms with Gasteiger partial charge in [0.1, 0.15) is 5.82 Å². The molecule has 24 heavy (non-hydrogen) atoms. The first-order valence-corrected chi connectivity index (χ1v) is 8.74. The van der Waals surface area contributed by atoms with Crippen LogP contribution in [0.15, 0.2) is 24.3 Å². The standard InChI is InChI=1S/C18H19FN2O2S/c1-10-3-6-16-12(7-10)8-17(24-16)18(23)21-15-9-13(20-11(2)22)4-5-14(15)19/h4-5,8-10H,3,6-7H2,1-2H3,(H,20,22)(H,21,23). The van der Waals surface area contributed by atoms with Crippen LogP contribution in [0.4, 0.5) is 15.8 Å². The predicted octanol–water partition coefficient (Wildman–Crippen LogP) is 4.22. The number of halogens is 1. The normalized spacial score (nSPS) is 16.4. The largest absolute Gasteiger partial charge is 0.326 e. The molecule has 4 nitrogen and oxygen atoms in total. The summed E-state index contributed by atoms with van der Waals surface area (Å²) in [5.74, 6) is -0.470. The first kappa shape index (κ1) is 16.6. The fourth-order valence-electron chi connectivity index (χ4n) is 2.90. The third-order valence-corrected chi connectivity index (χ3v) is 5.32. The van der Waals surface area contributed by atoms with Gasteiger partial charge in [0, 0.05) is 17.5 Å². The molecule has 126 valence electrons. The zero-order chi connectivity index (χ0) is 17.3. The second kappa shape index (κ2) is 6.73. The molecule has 0 saturated heterocycles. The number of hydrogen-bond acceptors (Lipinski definition) is 3. The number of nitrogens with one attached hydrogen (secondary N) is 2. The zero-order valence-electron chi connectivity index (χ0n) is 13.6. The van der Waals surface area contributed by atoms with Crippen LogP contribution in [0.1, 0.15) is 40.4 Å². The van der Waals surface area contributed by atoms with Gasteiger partial charge in [-0.2, -0.15) is 0 Å². The topological polar surface area (TPSA) is 58.2 Å². The van der Waals surface area contributed by atoms with Gasteiger partial charge in [0.2, 0.25) is 5.91 Å². The zero-order valence-corrected chi connectivity index (χ0v) is 14.4. The second-order valence-electron chi connectivity index (χ2n) is 6.24. The van der Waals surface area contributed by atoms with E-state index in [0.717, 1.165) is 19.3 Å². The first-order valence-electron chi connectivity index (χ1n) is 7.92. The summed E-state index contributed by atoms with van der Waals surface area (Å²) in [6, 6.07) is 6.02. The van der Waals surface area contributed by atoms with E-state index in [0.29, 0.717) is 16.5 Å². The number of benzene rings is 1. The summed E-state index contributed by atoms with van der Waals surface area (Å²) in [4.78, 5) is 25.4. The smallest absolute Gasteiger partial charge is 0.265 e. The van der Waals surface area contributed by atoms with Gasteiger partial charge in [0.05, 0.1) is 10.6 Å². The van der Waals surface area contributed by atoms with Crippen LogP contribution in [-0.2, 0) is 17.6 Å². The van der Waals surface area contributed by atoms with E-state index in [-0.39, 0.29) is 17.5 Å². The number of carbonyl (C=O) groups excluding carboxylic acids is 2. The van der Waals surface area contributed by atoms with E-state index >= 15 is 0 Å². The molecule has 1 aliphatic carbocycles. The summed E-state index contributed by atoms with van der Waals surface area (Å²) < 4.78 is 13.9. The quantitative estimate of drug-likeness (QED) is 0.874. The van der Waals surface area contributed by atoms with Gasteiger partial charge >= 0.3 is 0 Å². The van der Waals surface area contributed by atoms with Crippen molar-refractivity contribution in [1.82, 2.24) is 0 Å². The highest BCUT2D eigenvalue weighted by Gasteiger charge is 2.21. The van der Waals surface area contributed by atoms with Gasteiger partial charge in [-0.15, -0.1) is 11.3 Å². The number of thiophene rings is 1. The lowest BCUT2D eigenvalue weighted by molar-refractivity contribution is -0.114. The van der Waals surface area contributed by atoms with E-state index in [1.807, 2.05) is 6.07 Å². The summed E-state index contributed by atoms with van der Waals surface area (Å²) >= 11 is 1.48. The van der Waals surface area contributed by atoms with Gasteiger partial charge in [0.25, 0.3) is 5.91 Å². The van der Waals surface area contributed by atoms with Crippen LogP contribution in [0.25, 0.3) is 0 Å². The molecular formula is C18H19FN2O2S. The molecule has 1 unspecified atom stereocenters. The van der Waals surface area contributed by atoms with Crippen LogP contribution in [-0.4, -0.2) is 11.8 Å². The molecule has 6 heteroatoms. The molecule has 2 amide bonds. The van der Waals surface area contributed by atoms with Crippen LogP contribution in [0.3, 0.4) is 0 Å². The van der Waals surface area contributed by atoms with E-state index < -0.39 is 5.82 Å². The third-order valence-electron chi connectivity index (χ3n) is 4.09. The molecule has 0 spiro atoms. The van der Waals surface area contributed by atoms with Gasteiger partial charge in [-0.3, -0.25) is 9.59 Å². The monoisotopic (exact) mass is 346 g/mol. The Morgan fingerprint density at radius 3 is 2.79 bits per heavy atom. The van der Waals surface area contributed by atoms with Crippen LogP contribution in [0, 0.1) is 11.7 Å². The molecule has 0 fully saturated rings. The Balaban J connectivity index is 1.78. The van der Waals surface area contributed by atoms with E-state index in [1.165, 1.54) is 46.9 Å². The molecule has 0 bridgehead atoms. The fraction of sp³-hybridized carbons (Fsp3) is 0.333. The Morgan fingerprint density at radius 2 is 2.04 bits per heavy atom. The lowest BCUT2D eigenvalue weighted by Crippen LogP contribution is -2.12. The Bertz CT molecular complexity index is 800.